The van der Waals surface area contributed by atoms with Gasteiger partial charge in [0.2, 0.25) is 0 Å². The van der Waals surface area contributed by atoms with Gasteiger partial charge in [-0.05, 0) is 31.0 Å². The standard InChI is InChI=1S/C13H16N4O2/c18-13(4-2-6-15-9-13)12-16-11(17-19-12)7-10-3-1-5-14-8-10/h1,3,5,8,15,18H,2,4,6-7,9H2. The molecule has 3 rings (SSSR count). The molecule has 1 unspecified atom stereocenters. The van der Waals surface area contributed by atoms with Crippen LogP contribution in [-0.4, -0.2) is 33.3 Å². The van der Waals surface area contributed by atoms with Crippen LogP contribution in [0.25, 0.3) is 0 Å². The molecule has 0 spiro atoms. The van der Waals surface area contributed by atoms with Crippen molar-refractivity contribution in [1.29, 1.82) is 0 Å². The zero-order valence-electron chi connectivity index (χ0n) is 10.5. The van der Waals surface area contributed by atoms with Crippen molar-refractivity contribution in [2.75, 3.05) is 13.1 Å². The van der Waals surface area contributed by atoms with Gasteiger partial charge in [-0.1, -0.05) is 11.2 Å². The fourth-order valence-electron chi connectivity index (χ4n) is 2.27. The molecule has 1 aliphatic heterocycles. The van der Waals surface area contributed by atoms with Crippen LogP contribution in [0.15, 0.2) is 29.0 Å². The first kappa shape index (κ1) is 12.3. The normalized spacial score (nSPS) is 23.4. The quantitative estimate of drug-likeness (QED) is 0.842. The second-order valence-corrected chi connectivity index (χ2v) is 4.87. The Labute approximate surface area is 110 Å². The van der Waals surface area contributed by atoms with Gasteiger partial charge in [0.15, 0.2) is 11.4 Å². The van der Waals surface area contributed by atoms with Crippen molar-refractivity contribution >= 4 is 0 Å². The number of nitrogens with one attached hydrogen (secondary N) is 1. The second-order valence-electron chi connectivity index (χ2n) is 4.87. The summed E-state index contributed by atoms with van der Waals surface area (Å²) in [6.07, 6.45) is 5.60. The molecule has 2 aromatic rings. The molecule has 1 aliphatic rings. The van der Waals surface area contributed by atoms with Crippen molar-refractivity contribution in [3.63, 3.8) is 0 Å². The van der Waals surface area contributed by atoms with Crippen molar-refractivity contribution in [1.82, 2.24) is 20.4 Å². The van der Waals surface area contributed by atoms with Crippen LogP contribution >= 0.6 is 0 Å². The lowest BCUT2D eigenvalue weighted by molar-refractivity contribution is -0.0167. The number of β-amino-alcohol motifs (C(OH)–C–C–N with tert-alkyl or cyclic N) is 1. The SMILES string of the molecule is OC1(c2nc(Cc3cccnc3)no2)CCCNC1. The van der Waals surface area contributed by atoms with E-state index >= 15 is 0 Å². The van der Waals surface area contributed by atoms with E-state index in [9.17, 15) is 5.11 Å². The van der Waals surface area contributed by atoms with Crippen LogP contribution in [-0.2, 0) is 12.0 Å². The van der Waals surface area contributed by atoms with Crippen LogP contribution < -0.4 is 5.32 Å². The molecule has 1 fully saturated rings. The summed E-state index contributed by atoms with van der Waals surface area (Å²) in [4.78, 5) is 8.35. The van der Waals surface area contributed by atoms with Crippen LogP contribution in [0.1, 0.15) is 30.1 Å². The summed E-state index contributed by atoms with van der Waals surface area (Å²) < 4.78 is 5.21. The Kier molecular flexibility index (Phi) is 3.27. The van der Waals surface area contributed by atoms with Crippen molar-refractivity contribution in [2.24, 2.45) is 0 Å². The van der Waals surface area contributed by atoms with E-state index < -0.39 is 5.60 Å². The first-order valence-corrected chi connectivity index (χ1v) is 6.41. The Morgan fingerprint density at radius 1 is 1.47 bits per heavy atom. The first-order chi connectivity index (χ1) is 9.26. The zero-order valence-corrected chi connectivity index (χ0v) is 10.5. The Morgan fingerprint density at radius 3 is 3.16 bits per heavy atom. The minimum absolute atomic E-state index is 0.304. The van der Waals surface area contributed by atoms with Crippen LogP contribution in [0, 0.1) is 0 Å². The fraction of sp³-hybridized carbons (Fsp3) is 0.462. The second kappa shape index (κ2) is 5.07. The number of hydrogen-bond donors (Lipinski definition) is 2. The minimum Gasteiger partial charge on any atom is -0.379 e. The van der Waals surface area contributed by atoms with E-state index in [4.69, 9.17) is 4.52 Å². The van der Waals surface area contributed by atoms with Gasteiger partial charge < -0.3 is 14.9 Å². The van der Waals surface area contributed by atoms with E-state index in [1.165, 1.54) is 0 Å². The molecule has 2 aromatic heterocycles. The third-order valence-corrected chi connectivity index (χ3v) is 3.31. The average Bonchev–Trinajstić information content (AvgIpc) is 2.90. The summed E-state index contributed by atoms with van der Waals surface area (Å²) in [5.74, 6) is 0.876. The number of rotatable bonds is 3. The Hall–Kier alpha value is -1.79. The number of hydrogen-bond acceptors (Lipinski definition) is 6. The van der Waals surface area contributed by atoms with E-state index in [1.54, 1.807) is 12.4 Å². The predicted octanol–water partition coefficient (Wildman–Crippen LogP) is 0.626. The molecule has 1 atom stereocenters. The van der Waals surface area contributed by atoms with Crippen molar-refractivity contribution in [3.05, 3.63) is 41.8 Å². The summed E-state index contributed by atoms with van der Waals surface area (Å²) in [5, 5.41) is 17.5. The molecule has 6 nitrogen and oxygen atoms in total. The Balaban J connectivity index is 1.76. The van der Waals surface area contributed by atoms with Crippen LogP contribution in [0.4, 0.5) is 0 Å². The molecule has 100 valence electrons. The van der Waals surface area contributed by atoms with Crippen LogP contribution in [0.3, 0.4) is 0 Å². The van der Waals surface area contributed by atoms with Crippen LogP contribution in [0.2, 0.25) is 0 Å². The predicted molar refractivity (Wildman–Crippen MR) is 67.3 cm³/mol. The highest BCUT2D eigenvalue weighted by Gasteiger charge is 2.36. The summed E-state index contributed by atoms with van der Waals surface area (Å²) in [5.41, 5.74) is -0.0121. The van der Waals surface area contributed by atoms with E-state index in [0.717, 1.165) is 18.5 Å². The lowest BCUT2D eigenvalue weighted by Gasteiger charge is -2.28. The monoisotopic (exact) mass is 260 g/mol. The van der Waals surface area contributed by atoms with E-state index in [0.29, 0.717) is 31.1 Å². The molecule has 6 heteroatoms. The van der Waals surface area contributed by atoms with E-state index in [1.807, 2.05) is 12.1 Å². The van der Waals surface area contributed by atoms with Gasteiger partial charge >= 0.3 is 0 Å². The van der Waals surface area contributed by atoms with Gasteiger partial charge in [0.25, 0.3) is 5.89 Å². The molecule has 0 saturated carbocycles. The molecule has 2 N–H and O–H groups in total. The van der Waals surface area contributed by atoms with Crippen molar-refractivity contribution < 1.29 is 9.63 Å². The summed E-state index contributed by atoms with van der Waals surface area (Å²) in [6, 6.07) is 3.83. The van der Waals surface area contributed by atoms with Gasteiger partial charge in [-0.15, -0.1) is 0 Å². The third kappa shape index (κ3) is 2.64. The molecule has 19 heavy (non-hydrogen) atoms. The Bertz CT molecular complexity index is 535. The first-order valence-electron chi connectivity index (χ1n) is 6.41. The smallest absolute Gasteiger partial charge is 0.259 e. The van der Waals surface area contributed by atoms with E-state index in [2.05, 4.69) is 20.4 Å². The largest absolute Gasteiger partial charge is 0.379 e. The maximum atomic E-state index is 10.5. The third-order valence-electron chi connectivity index (χ3n) is 3.31. The molecular formula is C13H16N4O2. The lowest BCUT2D eigenvalue weighted by atomic mass is 9.94. The minimum atomic E-state index is -1.03. The molecule has 0 bridgehead atoms. The summed E-state index contributed by atoms with van der Waals surface area (Å²) in [6.45, 7) is 1.38. The molecule has 0 radical (unpaired) electrons. The van der Waals surface area contributed by atoms with Gasteiger partial charge in [0.05, 0.1) is 0 Å². The number of nitrogens with zero attached hydrogens (tertiary/aromatic N) is 3. The highest BCUT2D eigenvalue weighted by atomic mass is 16.5. The highest BCUT2D eigenvalue weighted by molar-refractivity contribution is 5.14. The molecule has 0 amide bonds. The maximum Gasteiger partial charge on any atom is 0.259 e. The molecule has 1 saturated heterocycles. The lowest BCUT2D eigenvalue weighted by Crippen LogP contribution is -2.43. The number of pyridine rings is 1. The fourth-order valence-corrected chi connectivity index (χ4v) is 2.27. The zero-order chi connectivity index (χ0) is 13.1. The topological polar surface area (TPSA) is 84.1 Å². The maximum absolute atomic E-state index is 10.5. The van der Waals surface area contributed by atoms with Crippen molar-refractivity contribution in [2.45, 2.75) is 24.9 Å². The van der Waals surface area contributed by atoms with E-state index in [-0.39, 0.29) is 0 Å². The summed E-state index contributed by atoms with van der Waals surface area (Å²) in [7, 11) is 0. The van der Waals surface area contributed by atoms with Gasteiger partial charge in [-0.2, -0.15) is 4.98 Å². The highest BCUT2D eigenvalue weighted by Crippen LogP contribution is 2.26. The van der Waals surface area contributed by atoms with Gasteiger partial charge in [-0.25, -0.2) is 0 Å². The summed E-state index contributed by atoms with van der Waals surface area (Å²) >= 11 is 0. The average molecular weight is 260 g/mol. The number of aromatic nitrogens is 3. The molecule has 3 heterocycles. The number of piperidine rings is 1. The van der Waals surface area contributed by atoms with Gasteiger partial charge in [0.1, 0.15) is 0 Å². The molecule has 0 aromatic carbocycles. The molecule has 0 aliphatic carbocycles. The van der Waals surface area contributed by atoms with Crippen LogP contribution in [0.5, 0.6) is 0 Å². The number of aliphatic hydroxyl groups is 1. The van der Waals surface area contributed by atoms with Crippen molar-refractivity contribution in [3.8, 4) is 0 Å². The van der Waals surface area contributed by atoms with Gasteiger partial charge in [-0.3, -0.25) is 4.98 Å². The molecular weight excluding hydrogens is 244 g/mol. The van der Waals surface area contributed by atoms with Gasteiger partial charge in [0, 0.05) is 25.4 Å². The Morgan fingerprint density at radius 2 is 2.42 bits per heavy atom.